The molecule has 148 valence electrons. The summed E-state index contributed by atoms with van der Waals surface area (Å²) < 4.78 is 27.8. The highest BCUT2D eigenvalue weighted by Crippen LogP contribution is 2.44. The molecule has 0 radical (unpaired) electrons. The lowest BCUT2D eigenvalue weighted by molar-refractivity contribution is -0.120. The molecule has 1 N–H and O–H groups in total. The molecule has 2 aliphatic rings. The Kier molecular flexibility index (Phi) is 5.15. The Labute approximate surface area is 166 Å². The van der Waals surface area contributed by atoms with Gasteiger partial charge in [0.05, 0.1) is 10.6 Å². The van der Waals surface area contributed by atoms with Gasteiger partial charge in [-0.25, -0.2) is 8.42 Å². The molecule has 0 spiro atoms. The predicted octanol–water partition coefficient (Wildman–Crippen LogP) is 3.50. The summed E-state index contributed by atoms with van der Waals surface area (Å²) >= 11 is 0. The van der Waals surface area contributed by atoms with Gasteiger partial charge in [-0.3, -0.25) is 9.10 Å². The van der Waals surface area contributed by atoms with Crippen LogP contribution in [-0.4, -0.2) is 26.9 Å². The highest BCUT2D eigenvalue weighted by Gasteiger charge is 2.40. The SMILES string of the molecule is Cc1ccc(S(=O)(=O)N(CC(=O)N[C@@H]2C[C@@H]3CC[C@@H]2C3)c2ccccc2)cc1. The predicted molar refractivity (Wildman–Crippen MR) is 110 cm³/mol. The van der Waals surface area contributed by atoms with Crippen LogP contribution in [0.15, 0.2) is 59.5 Å². The van der Waals surface area contributed by atoms with Crippen LogP contribution >= 0.6 is 0 Å². The van der Waals surface area contributed by atoms with Gasteiger partial charge < -0.3 is 5.32 Å². The maximum Gasteiger partial charge on any atom is 0.264 e. The summed E-state index contributed by atoms with van der Waals surface area (Å²) in [4.78, 5) is 13.0. The van der Waals surface area contributed by atoms with Crippen molar-refractivity contribution in [2.75, 3.05) is 10.8 Å². The van der Waals surface area contributed by atoms with Crippen LogP contribution in [0.3, 0.4) is 0 Å². The molecule has 2 aromatic carbocycles. The van der Waals surface area contributed by atoms with Gasteiger partial charge >= 0.3 is 0 Å². The van der Waals surface area contributed by atoms with E-state index in [9.17, 15) is 13.2 Å². The van der Waals surface area contributed by atoms with Crippen LogP contribution in [0.5, 0.6) is 0 Å². The van der Waals surface area contributed by atoms with E-state index in [4.69, 9.17) is 0 Å². The Morgan fingerprint density at radius 1 is 1.04 bits per heavy atom. The number of sulfonamides is 1. The lowest BCUT2D eigenvalue weighted by Gasteiger charge is -2.27. The van der Waals surface area contributed by atoms with Crippen molar-refractivity contribution < 1.29 is 13.2 Å². The first-order valence-corrected chi connectivity index (χ1v) is 11.3. The van der Waals surface area contributed by atoms with E-state index in [-0.39, 0.29) is 23.4 Å². The zero-order valence-corrected chi connectivity index (χ0v) is 16.9. The molecule has 2 bridgehead atoms. The number of rotatable bonds is 6. The minimum Gasteiger partial charge on any atom is -0.352 e. The molecular weight excluding hydrogens is 372 g/mol. The van der Waals surface area contributed by atoms with Crippen molar-refractivity contribution in [3.8, 4) is 0 Å². The number of nitrogens with zero attached hydrogens (tertiary/aromatic N) is 1. The largest absolute Gasteiger partial charge is 0.352 e. The highest BCUT2D eigenvalue weighted by atomic mass is 32.2. The van der Waals surface area contributed by atoms with Gasteiger partial charge in [0.2, 0.25) is 5.91 Å². The number of nitrogens with one attached hydrogen (secondary N) is 1. The second kappa shape index (κ2) is 7.59. The van der Waals surface area contributed by atoms with Gasteiger partial charge in [-0.15, -0.1) is 0 Å². The second-order valence-corrected chi connectivity index (χ2v) is 9.87. The van der Waals surface area contributed by atoms with Crippen molar-refractivity contribution in [2.24, 2.45) is 11.8 Å². The number of anilines is 1. The lowest BCUT2D eigenvalue weighted by atomic mass is 9.95. The van der Waals surface area contributed by atoms with Crippen LogP contribution in [0, 0.1) is 18.8 Å². The average Bonchev–Trinajstić information content (AvgIpc) is 3.30. The first kappa shape index (κ1) is 19.0. The molecule has 3 atom stereocenters. The fourth-order valence-corrected chi connectivity index (χ4v) is 5.97. The smallest absolute Gasteiger partial charge is 0.264 e. The van der Waals surface area contributed by atoms with Crippen molar-refractivity contribution >= 4 is 21.6 Å². The van der Waals surface area contributed by atoms with Crippen LogP contribution in [-0.2, 0) is 14.8 Å². The van der Waals surface area contributed by atoms with Crippen molar-refractivity contribution in [1.82, 2.24) is 5.32 Å². The van der Waals surface area contributed by atoms with Gasteiger partial charge in [0.25, 0.3) is 10.0 Å². The third-order valence-corrected chi connectivity index (χ3v) is 7.81. The van der Waals surface area contributed by atoms with Gasteiger partial charge in [0.15, 0.2) is 0 Å². The van der Waals surface area contributed by atoms with Crippen molar-refractivity contribution in [3.63, 3.8) is 0 Å². The summed E-state index contributed by atoms with van der Waals surface area (Å²) in [5, 5.41) is 3.10. The van der Waals surface area contributed by atoms with E-state index >= 15 is 0 Å². The number of hydrogen-bond donors (Lipinski definition) is 1. The third kappa shape index (κ3) is 3.78. The molecule has 2 aromatic rings. The van der Waals surface area contributed by atoms with E-state index in [1.165, 1.54) is 23.6 Å². The molecular formula is C22H26N2O3S. The van der Waals surface area contributed by atoms with E-state index in [0.29, 0.717) is 11.6 Å². The molecule has 4 rings (SSSR count). The van der Waals surface area contributed by atoms with E-state index in [0.717, 1.165) is 17.9 Å². The minimum atomic E-state index is -3.84. The van der Waals surface area contributed by atoms with Crippen LogP contribution in [0.1, 0.15) is 31.2 Å². The van der Waals surface area contributed by atoms with Crippen LogP contribution in [0.4, 0.5) is 5.69 Å². The van der Waals surface area contributed by atoms with Crippen molar-refractivity contribution in [1.29, 1.82) is 0 Å². The maximum absolute atomic E-state index is 13.3. The van der Waals surface area contributed by atoms with Crippen molar-refractivity contribution in [3.05, 3.63) is 60.2 Å². The number of benzene rings is 2. The van der Waals surface area contributed by atoms with Gasteiger partial charge in [0.1, 0.15) is 6.54 Å². The minimum absolute atomic E-state index is 0.186. The third-order valence-electron chi connectivity index (χ3n) is 6.02. The molecule has 1 amide bonds. The molecule has 5 nitrogen and oxygen atoms in total. The molecule has 0 aliphatic heterocycles. The van der Waals surface area contributed by atoms with E-state index in [1.807, 2.05) is 13.0 Å². The Bertz CT molecular complexity index is 942. The molecule has 0 aromatic heterocycles. The Morgan fingerprint density at radius 3 is 2.36 bits per heavy atom. The summed E-state index contributed by atoms with van der Waals surface area (Å²) in [7, 11) is -3.84. The number of para-hydroxylation sites is 1. The molecule has 2 aliphatic carbocycles. The first-order valence-electron chi connectivity index (χ1n) is 9.87. The number of carbonyl (C=O) groups is 1. The number of hydrogen-bond acceptors (Lipinski definition) is 3. The highest BCUT2D eigenvalue weighted by molar-refractivity contribution is 7.92. The number of amides is 1. The molecule has 2 saturated carbocycles. The molecule has 0 unspecified atom stereocenters. The molecule has 28 heavy (non-hydrogen) atoms. The summed E-state index contributed by atoms with van der Waals surface area (Å²) in [6.07, 6.45) is 4.64. The molecule has 0 saturated heterocycles. The van der Waals surface area contributed by atoms with E-state index in [2.05, 4.69) is 5.32 Å². The van der Waals surface area contributed by atoms with E-state index < -0.39 is 10.0 Å². The Balaban J connectivity index is 1.57. The van der Waals surface area contributed by atoms with Gasteiger partial charge in [-0.1, -0.05) is 42.3 Å². The fraction of sp³-hybridized carbons (Fsp3) is 0.409. The summed E-state index contributed by atoms with van der Waals surface area (Å²) in [6, 6.07) is 15.7. The van der Waals surface area contributed by atoms with E-state index in [1.54, 1.807) is 48.5 Å². The lowest BCUT2D eigenvalue weighted by Crippen LogP contribution is -2.45. The molecule has 0 heterocycles. The van der Waals surface area contributed by atoms with Crippen LogP contribution in [0.2, 0.25) is 0 Å². The van der Waals surface area contributed by atoms with Gasteiger partial charge in [0, 0.05) is 6.04 Å². The fourth-order valence-electron chi connectivity index (χ4n) is 4.55. The number of aryl methyl sites for hydroxylation is 1. The standard InChI is InChI=1S/C22H26N2O3S/c1-16-7-11-20(12-8-16)28(26,27)24(19-5-3-2-4-6-19)15-22(25)23-21-14-17-9-10-18(21)13-17/h2-8,11-12,17-18,21H,9-10,13-15H2,1H3,(H,23,25)/t17-,18-,21-/m1/s1. The number of carbonyl (C=O) groups excluding carboxylic acids is 1. The topological polar surface area (TPSA) is 66.5 Å². The van der Waals surface area contributed by atoms with Crippen molar-refractivity contribution in [2.45, 2.75) is 43.5 Å². The molecule has 2 fully saturated rings. The summed E-state index contributed by atoms with van der Waals surface area (Å²) in [6.45, 7) is 1.70. The Morgan fingerprint density at radius 2 is 1.75 bits per heavy atom. The van der Waals surface area contributed by atoms with Crippen LogP contribution < -0.4 is 9.62 Å². The molecule has 6 heteroatoms. The monoisotopic (exact) mass is 398 g/mol. The zero-order chi connectivity index (χ0) is 19.7. The van der Waals surface area contributed by atoms with Gasteiger partial charge in [-0.05, 0) is 62.3 Å². The zero-order valence-electron chi connectivity index (χ0n) is 16.0. The summed E-state index contributed by atoms with van der Waals surface area (Å²) in [5.74, 6) is 1.03. The normalized spacial score (nSPS) is 23.5. The van der Waals surface area contributed by atoms with Gasteiger partial charge in [-0.2, -0.15) is 0 Å². The second-order valence-electron chi connectivity index (χ2n) is 8.01. The van der Waals surface area contributed by atoms with Crippen LogP contribution in [0.25, 0.3) is 0 Å². The maximum atomic E-state index is 13.3. The first-order chi connectivity index (χ1) is 13.4. The quantitative estimate of drug-likeness (QED) is 0.810. The number of fused-ring (bicyclic) bond motifs is 2. The Hall–Kier alpha value is -2.34. The summed E-state index contributed by atoms with van der Waals surface area (Å²) in [5.41, 5.74) is 1.48. The average molecular weight is 399 g/mol.